The van der Waals surface area contributed by atoms with E-state index in [0.717, 1.165) is 24.1 Å². The lowest BCUT2D eigenvalue weighted by Crippen LogP contribution is -2.41. The number of hydrogen-bond acceptors (Lipinski definition) is 5. The first-order valence-electron chi connectivity index (χ1n) is 9.48. The monoisotopic (exact) mass is 448 g/mol. The van der Waals surface area contributed by atoms with Gasteiger partial charge in [-0.2, -0.15) is 5.10 Å². The summed E-state index contributed by atoms with van der Waals surface area (Å²) in [5, 5.41) is 10.8. The maximum atomic E-state index is 11.9. The van der Waals surface area contributed by atoms with Crippen LogP contribution >= 0.6 is 23.2 Å². The molecule has 2 aromatic rings. The van der Waals surface area contributed by atoms with Gasteiger partial charge < -0.3 is 15.4 Å². The molecule has 3 rings (SSSR count). The first kappa shape index (κ1) is 22.1. The predicted molar refractivity (Wildman–Crippen MR) is 119 cm³/mol. The second kappa shape index (κ2) is 10.4. The van der Waals surface area contributed by atoms with E-state index in [4.69, 9.17) is 27.9 Å². The average Bonchev–Trinajstić information content (AvgIpc) is 3.24. The van der Waals surface area contributed by atoms with Gasteiger partial charge in [-0.25, -0.2) is 5.43 Å². The van der Waals surface area contributed by atoms with Gasteiger partial charge in [-0.15, -0.1) is 0 Å². The summed E-state index contributed by atoms with van der Waals surface area (Å²) in [6.45, 7) is 2.91. The van der Waals surface area contributed by atoms with Crippen LogP contribution in [0.1, 0.15) is 24.0 Å². The number of amides is 2. The lowest BCUT2D eigenvalue weighted by molar-refractivity contribution is -0.139. The van der Waals surface area contributed by atoms with E-state index in [1.807, 2.05) is 25.1 Å². The molecule has 0 unspecified atom stereocenters. The van der Waals surface area contributed by atoms with Crippen LogP contribution in [0.25, 0.3) is 0 Å². The molecule has 7 nitrogen and oxygen atoms in total. The van der Waals surface area contributed by atoms with Crippen molar-refractivity contribution in [1.82, 2.24) is 10.7 Å². The fourth-order valence-electron chi connectivity index (χ4n) is 2.88. The van der Waals surface area contributed by atoms with Crippen molar-refractivity contribution in [3.63, 3.8) is 0 Å². The van der Waals surface area contributed by atoms with Crippen molar-refractivity contribution < 1.29 is 14.3 Å². The molecule has 158 valence electrons. The zero-order valence-corrected chi connectivity index (χ0v) is 17.9. The molecule has 1 atom stereocenters. The number of halogens is 2. The number of anilines is 2. The molecule has 1 fully saturated rings. The van der Waals surface area contributed by atoms with Crippen LogP contribution in [0.15, 0.2) is 41.5 Å². The zero-order chi connectivity index (χ0) is 21.5. The summed E-state index contributed by atoms with van der Waals surface area (Å²) >= 11 is 12.3. The highest BCUT2D eigenvalue weighted by Crippen LogP contribution is 2.26. The topological polar surface area (TPSA) is 91.8 Å². The second-order valence-corrected chi connectivity index (χ2v) is 7.71. The van der Waals surface area contributed by atoms with E-state index in [9.17, 15) is 9.59 Å². The summed E-state index contributed by atoms with van der Waals surface area (Å²) in [5.74, 6) is -1.62. The fraction of sp³-hybridized carbons (Fsp3) is 0.286. The van der Waals surface area contributed by atoms with Gasteiger partial charge in [-0.1, -0.05) is 29.3 Å². The van der Waals surface area contributed by atoms with Crippen LogP contribution in [0.2, 0.25) is 10.0 Å². The number of benzene rings is 2. The number of carbonyl (C=O) groups excluding carboxylic acids is 2. The largest absolute Gasteiger partial charge is 0.376 e. The van der Waals surface area contributed by atoms with Crippen molar-refractivity contribution in [2.24, 2.45) is 5.10 Å². The molecule has 2 amide bonds. The lowest BCUT2D eigenvalue weighted by atomic mass is 10.1. The Bertz CT molecular complexity index is 959. The Labute approximate surface area is 184 Å². The number of rotatable bonds is 6. The first-order chi connectivity index (χ1) is 14.4. The fourth-order valence-corrected chi connectivity index (χ4v) is 3.24. The van der Waals surface area contributed by atoms with Crippen molar-refractivity contribution in [1.29, 1.82) is 0 Å². The van der Waals surface area contributed by atoms with Crippen molar-refractivity contribution in [2.75, 3.05) is 18.5 Å². The van der Waals surface area contributed by atoms with Gasteiger partial charge in [-0.3, -0.25) is 9.59 Å². The van der Waals surface area contributed by atoms with E-state index in [1.54, 1.807) is 18.2 Å². The standard InChI is InChI=1S/C21H22Cl2N4O3/c1-13-4-6-16(10-18(13)23)26-19-7-5-15(22)9-14(19)11-25-27-21(29)20(28)24-12-17-3-2-8-30-17/h4-7,9-11,17,26H,2-3,8,12H2,1H3,(H,24,28)(H,27,29)/b25-11-/t17-/m0/s1. The highest BCUT2D eigenvalue weighted by atomic mass is 35.5. The van der Waals surface area contributed by atoms with Gasteiger partial charge in [0.2, 0.25) is 0 Å². The van der Waals surface area contributed by atoms with Crippen molar-refractivity contribution >= 4 is 52.6 Å². The van der Waals surface area contributed by atoms with Crippen LogP contribution in [-0.2, 0) is 14.3 Å². The van der Waals surface area contributed by atoms with Crippen LogP contribution in [0.3, 0.4) is 0 Å². The number of aryl methyl sites for hydroxylation is 1. The van der Waals surface area contributed by atoms with Gasteiger partial charge >= 0.3 is 11.8 Å². The molecular weight excluding hydrogens is 427 g/mol. The number of hydrazone groups is 1. The predicted octanol–water partition coefficient (Wildman–Crippen LogP) is 3.79. The minimum atomic E-state index is -0.855. The molecule has 9 heteroatoms. The van der Waals surface area contributed by atoms with Gasteiger partial charge in [0.05, 0.1) is 12.3 Å². The lowest BCUT2D eigenvalue weighted by Gasteiger charge is -2.11. The molecule has 3 N–H and O–H groups in total. The van der Waals surface area contributed by atoms with E-state index in [1.165, 1.54) is 6.21 Å². The van der Waals surface area contributed by atoms with Gasteiger partial charge in [0, 0.05) is 40.1 Å². The Morgan fingerprint density at radius 3 is 2.77 bits per heavy atom. The van der Waals surface area contributed by atoms with E-state index >= 15 is 0 Å². The molecule has 0 radical (unpaired) electrons. The highest BCUT2D eigenvalue weighted by molar-refractivity contribution is 6.35. The minimum Gasteiger partial charge on any atom is -0.376 e. The van der Waals surface area contributed by atoms with Gasteiger partial charge in [-0.05, 0) is 55.7 Å². The van der Waals surface area contributed by atoms with Crippen LogP contribution in [0, 0.1) is 6.92 Å². The number of hydrogen-bond donors (Lipinski definition) is 3. The number of ether oxygens (including phenoxy) is 1. The summed E-state index contributed by atoms with van der Waals surface area (Å²) in [4.78, 5) is 23.8. The molecule has 0 saturated carbocycles. The van der Waals surface area contributed by atoms with Crippen molar-refractivity contribution in [2.45, 2.75) is 25.9 Å². The third-order valence-corrected chi connectivity index (χ3v) is 5.20. The summed E-state index contributed by atoms with van der Waals surface area (Å²) in [6, 6.07) is 10.8. The van der Waals surface area contributed by atoms with E-state index < -0.39 is 11.8 Å². The summed E-state index contributed by atoms with van der Waals surface area (Å²) in [5.41, 5.74) is 5.32. The highest BCUT2D eigenvalue weighted by Gasteiger charge is 2.19. The summed E-state index contributed by atoms with van der Waals surface area (Å²) in [7, 11) is 0. The quantitative estimate of drug-likeness (QED) is 0.356. The van der Waals surface area contributed by atoms with Gasteiger partial charge in [0.15, 0.2) is 0 Å². The molecule has 1 heterocycles. The molecule has 0 spiro atoms. The Hall–Kier alpha value is -2.61. The first-order valence-corrected chi connectivity index (χ1v) is 10.2. The Morgan fingerprint density at radius 2 is 2.03 bits per heavy atom. The number of nitrogens with zero attached hydrogens (tertiary/aromatic N) is 1. The zero-order valence-electron chi connectivity index (χ0n) is 16.4. The normalized spacial score (nSPS) is 15.9. The van der Waals surface area contributed by atoms with Crippen LogP contribution in [0.4, 0.5) is 11.4 Å². The minimum absolute atomic E-state index is 0.0411. The molecule has 1 aliphatic heterocycles. The molecule has 0 aliphatic carbocycles. The second-order valence-electron chi connectivity index (χ2n) is 6.86. The summed E-state index contributed by atoms with van der Waals surface area (Å²) < 4.78 is 5.41. The molecule has 0 aromatic heterocycles. The molecule has 30 heavy (non-hydrogen) atoms. The van der Waals surface area contributed by atoms with Crippen molar-refractivity contribution in [3.8, 4) is 0 Å². The summed E-state index contributed by atoms with van der Waals surface area (Å²) in [6.07, 6.45) is 3.20. The third-order valence-electron chi connectivity index (χ3n) is 4.55. The maximum absolute atomic E-state index is 11.9. The Kier molecular flexibility index (Phi) is 7.68. The molecule has 0 bridgehead atoms. The Morgan fingerprint density at radius 1 is 1.20 bits per heavy atom. The van der Waals surface area contributed by atoms with Crippen LogP contribution in [0.5, 0.6) is 0 Å². The van der Waals surface area contributed by atoms with Crippen LogP contribution in [-0.4, -0.2) is 37.3 Å². The van der Waals surface area contributed by atoms with Gasteiger partial charge in [0.25, 0.3) is 0 Å². The van der Waals surface area contributed by atoms with Crippen molar-refractivity contribution in [3.05, 3.63) is 57.6 Å². The number of nitrogens with one attached hydrogen (secondary N) is 3. The maximum Gasteiger partial charge on any atom is 0.329 e. The molecule has 1 saturated heterocycles. The SMILES string of the molecule is Cc1ccc(Nc2ccc(Cl)cc2/C=N\NC(=O)C(=O)NC[C@@H]2CCCO2)cc1Cl. The van der Waals surface area contributed by atoms with Gasteiger partial charge in [0.1, 0.15) is 0 Å². The molecule has 1 aliphatic rings. The molecular formula is C21H22Cl2N4O3. The molecule has 2 aromatic carbocycles. The van der Waals surface area contributed by atoms with E-state index in [-0.39, 0.29) is 6.10 Å². The van der Waals surface area contributed by atoms with E-state index in [0.29, 0.717) is 34.4 Å². The average molecular weight is 449 g/mol. The Balaban J connectivity index is 1.61. The number of carbonyl (C=O) groups is 2. The smallest absolute Gasteiger partial charge is 0.329 e. The third kappa shape index (κ3) is 6.19. The van der Waals surface area contributed by atoms with E-state index in [2.05, 4.69) is 21.2 Å². The van der Waals surface area contributed by atoms with Crippen LogP contribution < -0.4 is 16.1 Å².